The molecule has 1 unspecified atom stereocenters. The molecule has 64 valence electrons. The van der Waals surface area contributed by atoms with Crippen LogP contribution >= 0.6 is 0 Å². The van der Waals surface area contributed by atoms with Crippen LogP contribution in [0.1, 0.15) is 39.5 Å². The zero-order chi connectivity index (χ0) is 8.32. The Balaban J connectivity index is 2.58. The van der Waals surface area contributed by atoms with E-state index in [0.717, 1.165) is 19.4 Å². The molecule has 1 fully saturated rings. The fourth-order valence-electron chi connectivity index (χ4n) is 1.37. The van der Waals surface area contributed by atoms with Gasteiger partial charge in [-0.3, -0.25) is 4.79 Å². The maximum Gasteiger partial charge on any atom is 0.135 e. The van der Waals surface area contributed by atoms with Crippen molar-refractivity contribution >= 4 is 5.78 Å². The summed E-state index contributed by atoms with van der Waals surface area (Å²) in [7, 11) is 0. The van der Waals surface area contributed by atoms with Crippen molar-refractivity contribution < 1.29 is 9.53 Å². The summed E-state index contributed by atoms with van der Waals surface area (Å²) in [6, 6.07) is 0. The fraction of sp³-hybridized carbons (Fsp3) is 0.889. The average Bonchev–Trinajstić information content (AvgIpc) is 2.13. The lowest BCUT2D eigenvalue weighted by Crippen LogP contribution is -2.28. The number of rotatable bonds is 1. The molecule has 0 aromatic rings. The fourth-order valence-corrected chi connectivity index (χ4v) is 1.37. The molecule has 1 saturated heterocycles. The van der Waals surface area contributed by atoms with Crippen LogP contribution in [0.2, 0.25) is 0 Å². The van der Waals surface area contributed by atoms with Crippen LogP contribution in [0.5, 0.6) is 0 Å². The molecule has 0 radical (unpaired) electrons. The molecule has 1 atom stereocenters. The van der Waals surface area contributed by atoms with Gasteiger partial charge in [-0.1, -0.05) is 6.92 Å². The first kappa shape index (κ1) is 8.72. The Morgan fingerprint density at radius 2 is 2.36 bits per heavy atom. The molecule has 2 nitrogen and oxygen atoms in total. The molecule has 1 rings (SSSR count). The number of carbonyl (C=O) groups excluding carboxylic acids is 1. The van der Waals surface area contributed by atoms with E-state index in [1.165, 1.54) is 0 Å². The van der Waals surface area contributed by atoms with Crippen LogP contribution in [0.15, 0.2) is 0 Å². The molecule has 0 saturated carbocycles. The number of hydrogen-bond acceptors (Lipinski definition) is 2. The van der Waals surface area contributed by atoms with E-state index in [2.05, 4.69) is 6.92 Å². The zero-order valence-corrected chi connectivity index (χ0v) is 7.35. The first-order chi connectivity index (χ1) is 5.16. The van der Waals surface area contributed by atoms with E-state index in [4.69, 9.17) is 4.74 Å². The van der Waals surface area contributed by atoms with Gasteiger partial charge < -0.3 is 4.74 Å². The standard InChI is InChI=1S/C9H16O2/c1-3-9(2)7-8(10)5-4-6-11-9/h3-7H2,1-2H3. The summed E-state index contributed by atoms with van der Waals surface area (Å²) in [6.45, 7) is 4.84. The van der Waals surface area contributed by atoms with Gasteiger partial charge in [-0.15, -0.1) is 0 Å². The minimum atomic E-state index is -0.173. The maximum absolute atomic E-state index is 11.2. The van der Waals surface area contributed by atoms with Gasteiger partial charge in [0.1, 0.15) is 5.78 Å². The molecule has 1 aliphatic rings. The number of carbonyl (C=O) groups is 1. The predicted octanol–water partition coefficient (Wildman–Crippen LogP) is 1.92. The molecule has 0 aromatic carbocycles. The van der Waals surface area contributed by atoms with Crippen LogP contribution in [0.4, 0.5) is 0 Å². The van der Waals surface area contributed by atoms with E-state index in [1.807, 2.05) is 6.92 Å². The first-order valence-electron chi connectivity index (χ1n) is 4.32. The Labute approximate surface area is 67.9 Å². The molecular weight excluding hydrogens is 140 g/mol. The monoisotopic (exact) mass is 156 g/mol. The molecular formula is C9H16O2. The lowest BCUT2D eigenvalue weighted by atomic mass is 9.96. The van der Waals surface area contributed by atoms with Crippen molar-refractivity contribution in [2.75, 3.05) is 6.61 Å². The quantitative estimate of drug-likeness (QED) is 0.579. The van der Waals surface area contributed by atoms with Crippen molar-refractivity contribution in [3.63, 3.8) is 0 Å². The van der Waals surface area contributed by atoms with Crippen LogP contribution in [0, 0.1) is 0 Å². The van der Waals surface area contributed by atoms with Gasteiger partial charge in [-0.25, -0.2) is 0 Å². The van der Waals surface area contributed by atoms with Gasteiger partial charge in [0.2, 0.25) is 0 Å². The smallest absolute Gasteiger partial charge is 0.135 e. The molecule has 0 N–H and O–H groups in total. The van der Waals surface area contributed by atoms with Crippen LogP contribution in [-0.4, -0.2) is 18.0 Å². The highest BCUT2D eigenvalue weighted by Gasteiger charge is 2.28. The van der Waals surface area contributed by atoms with E-state index in [9.17, 15) is 4.79 Å². The molecule has 2 heteroatoms. The summed E-state index contributed by atoms with van der Waals surface area (Å²) in [6.07, 6.45) is 3.13. The minimum absolute atomic E-state index is 0.173. The Bertz CT molecular complexity index is 154. The van der Waals surface area contributed by atoms with E-state index >= 15 is 0 Å². The summed E-state index contributed by atoms with van der Waals surface area (Å²) in [5.41, 5.74) is -0.173. The SMILES string of the molecule is CCC1(C)CC(=O)CCCO1. The Morgan fingerprint density at radius 1 is 1.64 bits per heavy atom. The second-order valence-electron chi connectivity index (χ2n) is 3.47. The summed E-state index contributed by atoms with van der Waals surface area (Å²) >= 11 is 0. The molecule has 0 spiro atoms. The first-order valence-corrected chi connectivity index (χ1v) is 4.32. The molecule has 1 aliphatic heterocycles. The normalized spacial score (nSPS) is 33.5. The van der Waals surface area contributed by atoms with Crippen LogP contribution in [0.25, 0.3) is 0 Å². The molecule has 0 bridgehead atoms. The van der Waals surface area contributed by atoms with Crippen molar-refractivity contribution in [2.24, 2.45) is 0 Å². The number of Topliss-reactive ketones (excluding diaryl/α,β-unsaturated/α-hetero) is 1. The summed E-state index contributed by atoms with van der Waals surface area (Å²) < 4.78 is 5.59. The van der Waals surface area contributed by atoms with E-state index < -0.39 is 0 Å². The Morgan fingerprint density at radius 3 is 3.00 bits per heavy atom. The van der Waals surface area contributed by atoms with Crippen molar-refractivity contribution in [1.82, 2.24) is 0 Å². The van der Waals surface area contributed by atoms with Gasteiger partial charge in [-0.05, 0) is 19.8 Å². The van der Waals surface area contributed by atoms with Crippen LogP contribution in [-0.2, 0) is 9.53 Å². The second kappa shape index (κ2) is 3.35. The third-order valence-corrected chi connectivity index (χ3v) is 2.37. The predicted molar refractivity (Wildman–Crippen MR) is 43.5 cm³/mol. The maximum atomic E-state index is 11.2. The third kappa shape index (κ3) is 2.29. The number of ketones is 1. The van der Waals surface area contributed by atoms with Gasteiger partial charge >= 0.3 is 0 Å². The van der Waals surface area contributed by atoms with Gasteiger partial charge in [0.05, 0.1) is 5.60 Å². The topological polar surface area (TPSA) is 26.3 Å². The van der Waals surface area contributed by atoms with Gasteiger partial charge in [0.25, 0.3) is 0 Å². The zero-order valence-electron chi connectivity index (χ0n) is 7.35. The lowest BCUT2D eigenvalue weighted by Gasteiger charge is -2.25. The van der Waals surface area contributed by atoms with Crippen molar-refractivity contribution in [3.8, 4) is 0 Å². The number of ether oxygens (including phenoxy) is 1. The Hall–Kier alpha value is -0.370. The molecule has 0 amide bonds. The van der Waals surface area contributed by atoms with Crippen molar-refractivity contribution in [3.05, 3.63) is 0 Å². The highest BCUT2D eigenvalue weighted by Crippen LogP contribution is 2.24. The van der Waals surface area contributed by atoms with Crippen molar-refractivity contribution in [2.45, 2.75) is 45.1 Å². The summed E-state index contributed by atoms with van der Waals surface area (Å²) in [4.78, 5) is 11.2. The summed E-state index contributed by atoms with van der Waals surface area (Å²) in [5, 5.41) is 0. The minimum Gasteiger partial charge on any atom is -0.375 e. The molecule has 11 heavy (non-hydrogen) atoms. The lowest BCUT2D eigenvalue weighted by molar-refractivity contribution is -0.122. The molecule has 0 aromatic heterocycles. The molecule has 0 aliphatic carbocycles. The highest BCUT2D eigenvalue weighted by molar-refractivity contribution is 5.79. The van der Waals surface area contributed by atoms with Gasteiger partial charge in [0, 0.05) is 19.4 Å². The van der Waals surface area contributed by atoms with Crippen molar-refractivity contribution in [1.29, 1.82) is 0 Å². The third-order valence-electron chi connectivity index (χ3n) is 2.37. The van der Waals surface area contributed by atoms with E-state index in [-0.39, 0.29) is 5.60 Å². The average molecular weight is 156 g/mol. The highest BCUT2D eigenvalue weighted by atomic mass is 16.5. The summed E-state index contributed by atoms with van der Waals surface area (Å²) in [5.74, 6) is 0.354. The molecule has 1 heterocycles. The second-order valence-corrected chi connectivity index (χ2v) is 3.47. The van der Waals surface area contributed by atoms with Crippen LogP contribution in [0.3, 0.4) is 0 Å². The van der Waals surface area contributed by atoms with Gasteiger partial charge in [0.15, 0.2) is 0 Å². The van der Waals surface area contributed by atoms with Crippen LogP contribution < -0.4 is 0 Å². The van der Waals surface area contributed by atoms with E-state index in [1.54, 1.807) is 0 Å². The number of hydrogen-bond donors (Lipinski definition) is 0. The Kier molecular flexibility index (Phi) is 2.66. The van der Waals surface area contributed by atoms with Gasteiger partial charge in [-0.2, -0.15) is 0 Å². The van der Waals surface area contributed by atoms with E-state index in [0.29, 0.717) is 18.6 Å². The largest absolute Gasteiger partial charge is 0.375 e.